The van der Waals surface area contributed by atoms with Gasteiger partial charge < -0.3 is 10.2 Å². The van der Waals surface area contributed by atoms with Gasteiger partial charge in [-0.1, -0.05) is 0 Å². The van der Waals surface area contributed by atoms with Crippen molar-refractivity contribution in [3.63, 3.8) is 0 Å². The van der Waals surface area contributed by atoms with E-state index in [-0.39, 0.29) is 11.8 Å². The second kappa shape index (κ2) is 6.58. The van der Waals surface area contributed by atoms with Crippen molar-refractivity contribution in [2.45, 2.75) is 50.0 Å². The molecule has 0 saturated heterocycles. The predicted molar refractivity (Wildman–Crippen MR) is 65.7 cm³/mol. The lowest BCUT2D eigenvalue weighted by Gasteiger charge is -2.28. The number of ketones is 1. The number of thiol groups is 1. The van der Waals surface area contributed by atoms with E-state index in [0.717, 1.165) is 0 Å². The van der Waals surface area contributed by atoms with E-state index >= 15 is 0 Å². The zero-order valence-corrected chi connectivity index (χ0v) is 10.9. The summed E-state index contributed by atoms with van der Waals surface area (Å²) < 4.78 is 0. The lowest BCUT2D eigenvalue weighted by molar-refractivity contribution is -0.769. The van der Waals surface area contributed by atoms with Gasteiger partial charge in [-0.15, -0.1) is 10.1 Å². The first-order valence-corrected chi connectivity index (χ1v) is 6.22. The van der Waals surface area contributed by atoms with Crippen LogP contribution in [0.4, 0.5) is 0 Å². The van der Waals surface area contributed by atoms with E-state index in [1.54, 1.807) is 0 Å². The van der Waals surface area contributed by atoms with Crippen molar-refractivity contribution >= 4 is 24.3 Å². The third-order valence-corrected chi connectivity index (χ3v) is 3.49. The van der Waals surface area contributed by atoms with Gasteiger partial charge in [0.25, 0.3) is 5.09 Å². The third-order valence-electron chi connectivity index (χ3n) is 2.89. The minimum Gasteiger partial charge on any atom is -0.352 e. The largest absolute Gasteiger partial charge is 0.352 e. The Bertz CT molecular complexity index is 341. The summed E-state index contributed by atoms with van der Waals surface area (Å²) in [5.74, 6) is -0.717. The van der Waals surface area contributed by atoms with Crippen LogP contribution in [0.25, 0.3) is 0 Å². The summed E-state index contributed by atoms with van der Waals surface area (Å²) in [4.78, 5) is 37.2. The quantitative estimate of drug-likeness (QED) is 0.330. The highest BCUT2D eigenvalue weighted by atomic mass is 32.1. The van der Waals surface area contributed by atoms with Crippen molar-refractivity contribution < 1.29 is 19.5 Å². The second-order valence-electron chi connectivity index (χ2n) is 4.32. The van der Waals surface area contributed by atoms with Gasteiger partial charge in [0.15, 0.2) is 5.78 Å². The Balaban J connectivity index is 2.33. The molecule has 0 aromatic heterocycles. The van der Waals surface area contributed by atoms with E-state index in [9.17, 15) is 19.7 Å². The molecular weight excluding hydrogens is 260 g/mol. The summed E-state index contributed by atoms with van der Waals surface area (Å²) in [5, 5.41) is 11.1. The fourth-order valence-corrected chi connectivity index (χ4v) is 1.97. The Hall–Kier alpha value is -1.31. The summed E-state index contributed by atoms with van der Waals surface area (Å²) in [7, 11) is 0. The first-order valence-electron chi connectivity index (χ1n) is 5.70. The van der Waals surface area contributed by atoms with Gasteiger partial charge in [0.05, 0.1) is 0 Å². The number of carbonyl (C=O) groups excluding carboxylic acids is 2. The molecule has 102 valence electrons. The van der Waals surface area contributed by atoms with E-state index in [1.807, 2.05) is 0 Å². The van der Waals surface area contributed by atoms with E-state index in [4.69, 9.17) is 0 Å². The first kappa shape index (κ1) is 14.7. The van der Waals surface area contributed by atoms with Gasteiger partial charge in [-0.2, -0.15) is 12.6 Å². The smallest absolute Gasteiger partial charge is 0.294 e. The molecule has 0 aromatic rings. The summed E-state index contributed by atoms with van der Waals surface area (Å²) in [5.41, 5.74) is 0. The van der Waals surface area contributed by atoms with Crippen LogP contribution in [0.1, 0.15) is 32.6 Å². The van der Waals surface area contributed by atoms with Gasteiger partial charge >= 0.3 is 0 Å². The van der Waals surface area contributed by atoms with Gasteiger partial charge in [-0.05, 0) is 32.6 Å². The SMILES string of the molecule is CC(=O)C(S)C(=O)NC1CCC(O[N+](=O)[O-])CC1. The number of hydrogen-bond acceptors (Lipinski definition) is 6. The zero-order chi connectivity index (χ0) is 13.7. The Labute approximate surface area is 110 Å². The summed E-state index contributed by atoms with van der Waals surface area (Å²) in [6, 6.07) is -0.0712. The number of amides is 1. The molecule has 1 rings (SSSR count). The van der Waals surface area contributed by atoms with Crippen molar-refractivity contribution in [2.75, 3.05) is 0 Å². The normalized spacial score (nSPS) is 25.0. The minimum absolute atomic E-state index is 0.0712. The number of nitrogens with one attached hydrogen (secondary N) is 1. The summed E-state index contributed by atoms with van der Waals surface area (Å²) in [6.45, 7) is 1.30. The molecule has 1 atom stereocenters. The van der Waals surface area contributed by atoms with Crippen molar-refractivity contribution in [3.05, 3.63) is 10.1 Å². The Morgan fingerprint density at radius 1 is 1.39 bits per heavy atom. The molecule has 1 N–H and O–H groups in total. The average Bonchev–Trinajstić information content (AvgIpc) is 2.29. The van der Waals surface area contributed by atoms with E-state index in [2.05, 4.69) is 22.8 Å². The van der Waals surface area contributed by atoms with Crippen molar-refractivity contribution in [2.24, 2.45) is 0 Å². The van der Waals surface area contributed by atoms with Crippen molar-refractivity contribution in [1.29, 1.82) is 0 Å². The van der Waals surface area contributed by atoms with Crippen LogP contribution in [-0.2, 0) is 14.4 Å². The van der Waals surface area contributed by atoms with Gasteiger partial charge in [-0.25, -0.2) is 0 Å². The minimum atomic E-state index is -0.947. The molecule has 8 heteroatoms. The maximum atomic E-state index is 11.6. The molecule has 1 saturated carbocycles. The van der Waals surface area contributed by atoms with Crippen LogP contribution in [0.2, 0.25) is 0 Å². The number of Topliss-reactive ketones (excluding diaryl/α,β-unsaturated/α-hetero) is 1. The lowest BCUT2D eigenvalue weighted by Crippen LogP contribution is -2.44. The van der Waals surface area contributed by atoms with Crippen molar-refractivity contribution in [3.8, 4) is 0 Å². The molecule has 7 nitrogen and oxygen atoms in total. The van der Waals surface area contributed by atoms with Crippen LogP contribution >= 0.6 is 12.6 Å². The Morgan fingerprint density at radius 3 is 2.39 bits per heavy atom. The van der Waals surface area contributed by atoms with Gasteiger partial charge in [0.2, 0.25) is 5.91 Å². The molecule has 0 radical (unpaired) electrons. The Kier molecular flexibility index (Phi) is 5.39. The molecule has 1 unspecified atom stereocenters. The van der Waals surface area contributed by atoms with Gasteiger partial charge in [0.1, 0.15) is 11.4 Å². The van der Waals surface area contributed by atoms with Crippen LogP contribution in [0, 0.1) is 10.1 Å². The molecule has 0 aliphatic heterocycles. The molecule has 1 fully saturated rings. The van der Waals surface area contributed by atoms with E-state index in [0.29, 0.717) is 25.7 Å². The molecule has 1 aliphatic carbocycles. The maximum Gasteiger partial charge on any atom is 0.294 e. The highest BCUT2D eigenvalue weighted by Gasteiger charge is 2.27. The van der Waals surface area contributed by atoms with Crippen LogP contribution in [-0.4, -0.2) is 34.2 Å². The van der Waals surface area contributed by atoms with E-state index in [1.165, 1.54) is 6.92 Å². The molecule has 18 heavy (non-hydrogen) atoms. The average molecular weight is 276 g/mol. The highest BCUT2D eigenvalue weighted by Crippen LogP contribution is 2.21. The Morgan fingerprint density at radius 2 is 1.94 bits per heavy atom. The molecule has 0 heterocycles. The van der Waals surface area contributed by atoms with Crippen LogP contribution < -0.4 is 5.32 Å². The predicted octanol–water partition coefficient (Wildman–Crippen LogP) is 0.510. The van der Waals surface area contributed by atoms with Crippen LogP contribution in [0.3, 0.4) is 0 Å². The summed E-state index contributed by atoms with van der Waals surface area (Å²) >= 11 is 3.91. The molecule has 0 spiro atoms. The number of nitrogens with zero attached hydrogens (tertiary/aromatic N) is 1. The number of rotatable bonds is 5. The van der Waals surface area contributed by atoms with Crippen LogP contribution in [0.5, 0.6) is 0 Å². The van der Waals surface area contributed by atoms with Gasteiger partial charge in [-0.3, -0.25) is 9.59 Å². The fourth-order valence-electron chi connectivity index (χ4n) is 1.90. The standard InChI is InChI=1S/C10H16N2O5S/c1-6(13)9(18)10(14)11-7-2-4-8(5-3-7)17-12(15)16/h7-9,18H,2-5H2,1H3,(H,11,14). The molecule has 0 bridgehead atoms. The topological polar surface area (TPSA) is 98.5 Å². The van der Waals surface area contributed by atoms with E-state index < -0.39 is 22.3 Å². The first-order chi connectivity index (χ1) is 8.40. The number of carbonyl (C=O) groups is 2. The molecule has 1 amide bonds. The second-order valence-corrected chi connectivity index (χ2v) is 4.84. The van der Waals surface area contributed by atoms with Gasteiger partial charge in [0, 0.05) is 6.04 Å². The highest BCUT2D eigenvalue weighted by molar-refractivity contribution is 7.82. The summed E-state index contributed by atoms with van der Waals surface area (Å²) in [6.07, 6.45) is 1.84. The molecular formula is C10H16N2O5S. The van der Waals surface area contributed by atoms with Crippen molar-refractivity contribution in [1.82, 2.24) is 5.32 Å². The number of hydrogen-bond donors (Lipinski definition) is 2. The van der Waals surface area contributed by atoms with Crippen LogP contribution in [0.15, 0.2) is 0 Å². The third kappa shape index (κ3) is 4.52. The molecule has 0 aromatic carbocycles. The fraction of sp³-hybridized carbons (Fsp3) is 0.800. The lowest BCUT2D eigenvalue weighted by atomic mass is 9.93. The molecule has 1 aliphatic rings. The monoisotopic (exact) mass is 276 g/mol. The maximum absolute atomic E-state index is 11.6. The zero-order valence-electron chi connectivity index (χ0n) is 10.00.